The number of ether oxygens (including phenoxy) is 1. The number of rotatable bonds is 4. The summed E-state index contributed by atoms with van der Waals surface area (Å²) in [7, 11) is 0. The van der Waals surface area contributed by atoms with Crippen LogP contribution in [0.15, 0.2) is 54.6 Å². The Morgan fingerprint density at radius 1 is 1.00 bits per heavy atom. The van der Waals surface area contributed by atoms with Crippen molar-refractivity contribution >= 4 is 18.3 Å². The van der Waals surface area contributed by atoms with Crippen LogP contribution in [0.2, 0.25) is 0 Å². The topological polar surface area (TPSA) is 90.9 Å². The lowest BCUT2D eigenvalue weighted by Gasteiger charge is -1.97. The molecule has 0 saturated carbocycles. The fourth-order valence-corrected chi connectivity index (χ4v) is 1.79. The van der Waals surface area contributed by atoms with E-state index in [1.807, 2.05) is 18.2 Å². The molecule has 0 fully saturated rings. The fraction of sp³-hybridized carbons (Fsp3) is 0.100. The highest BCUT2D eigenvalue weighted by Crippen LogP contribution is 2.09. The molecule has 2 aromatic rings. The van der Waals surface area contributed by atoms with E-state index in [0.29, 0.717) is 35.1 Å². The van der Waals surface area contributed by atoms with Crippen molar-refractivity contribution in [3.05, 3.63) is 76.9 Å². The van der Waals surface area contributed by atoms with Crippen molar-refractivity contribution in [2.45, 2.75) is 6.92 Å². The monoisotopic (exact) mass is 332 g/mol. The molecule has 0 radical (unpaired) electrons. The molecule has 2 rings (SSSR count). The Labute approximate surface area is 146 Å². The lowest BCUT2D eigenvalue weighted by Crippen LogP contribution is -1.98. The lowest BCUT2D eigenvalue weighted by atomic mass is 10.1. The zero-order valence-corrected chi connectivity index (χ0v) is 13.7. The lowest BCUT2D eigenvalue weighted by molar-refractivity contribution is -0.137. The molecular weight excluding hydrogens is 316 g/mol. The van der Waals surface area contributed by atoms with Gasteiger partial charge >= 0.3 is 5.97 Å². The smallest absolute Gasteiger partial charge is 0.330 e. The van der Waals surface area contributed by atoms with Crippen molar-refractivity contribution in [1.29, 1.82) is 10.5 Å². The summed E-state index contributed by atoms with van der Waals surface area (Å²) in [5.41, 5.74) is 2.13. The Morgan fingerprint density at radius 3 is 2.00 bits per heavy atom. The summed E-state index contributed by atoms with van der Waals surface area (Å²) in [5, 5.41) is 17.2. The molecule has 2 aromatic carbocycles. The van der Waals surface area contributed by atoms with Gasteiger partial charge in [-0.25, -0.2) is 4.79 Å². The van der Waals surface area contributed by atoms with E-state index in [9.17, 15) is 9.59 Å². The van der Waals surface area contributed by atoms with E-state index in [-0.39, 0.29) is 0 Å². The number of esters is 1. The average molecular weight is 332 g/mol. The minimum Gasteiger partial charge on any atom is -0.463 e. The maximum Gasteiger partial charge on any atom is 0.330 e. The van der Waals surface area contributed by atoms with Gasteiger partial charge < -0.3 is 4.74 Å². The van der Waals surface area contributed by atoms with Crippen LogP contribution >= 0.6 is 0 Å². The molecule has 0 aliphatic rings. The molecule has 124 valence electrons. The van der Waals surface area contributed by atoms with Crippen LogP contribution in [-0.2, 0) is 9.53 Å². The first-order chi connectivity index (χ1) is 12.2. The van der Waals surface area contributed by atoms with Crippen molar-refractivity contribution in [3.63, 3.8) is 0 Å². The number of hydrogen-bond donors (Lipinski definition) is 0. The molecule has 0 saturated heterocycles. The van der Waals surface area contributed by atoms with Gasteiger partial charge in [0.25, 0.3) is 0 Å². The number of benzene rings is 2. The Morgan fingerprint density at radius 2 is 1.52 bits per heavy atom. The second-order valence-electron chi connectivity index (χ2n) is 4.60. The minimum atomic E-state index is -0.398. The molecule has 0 amide bonds. The molecule has 0 unspecified atom stereocenters. The quantitative estimate of drug-likeness (QED) is 0.485. The molecule has 0 aliphatic carbocycles. The molecule has 0 spiro atoms. The van der Waals surface area contributed by atoms with Crippen molar-refractivity contribution in [2.24, 2.45) is 0 Å². The van der Waals surface area contributed by atoms with Gasteiger partial charge in [0.05, 0.1) is 29.9 Å². The zero-order valence-electron chi connectivity index (χ0n) is 13.7. The molecule has 25 heavy (non-hydrogen) atoms. The van der Waals surface area contributed by atoms with Gasteiger partial charge in [0, 0.05) is 11.6 Å². The van der Waals surface area contributed by atoms with Crippen molar-refractivity contribution in [1.82, 2.24) is 0 Å². The van der Waals surface area contributed by atoms with E-state index < -0.39 is 5.97 Å². The molecule has 5 nitrogen and oxygen atoms in total. The second-order valence-corrected chi connectivity index (χ2v) is 4.60. The van der Waals surface area contributed by atoms with Gasteiger partial charge in [-0.05, 0) is 30.7 Å². The Balaban J connectivity index is 0.000000271. The van der Waals surface area contributed by atoms with Crippen LogP contribution in [0, 0.1) is 22.7 Å². The van der Waals surface area contributed by atoms with Gasteiger partial charge in [-0.3, -0.25) is 4.79 Å². The van der Waals surface area contributed by atoms with E-state index in [1.54, 1.807) is 55.5 Å². The highest BCUT2D eigenvalue weighted by Gasteiger charge is 1.98. The van der Waals surface area contributed by atoms with Gasteiger partial charge in [-0.2, -0.15) is 10.5 Å². The molecule has 0 aromatic heterocycles. The third kappa shape index (κ3) is 6.52. The molecular formula is C20H16N2O3. The molecule has 0 N–H and O–H groups in total. The predicted molar refractivity (Wildman–Crippen MR) is 93.4 cm³/mol. The summed E-state index contributed by atoms with van der Waals surface area (Å²) in [6.07, 6.45) is 3.58. The van der Waals surface area contributed by atoms with Crippen LogP contribution < -0.4 is 0 Å². The first kappa shape index (κ1) is 19.3. The minimum absolute atomic E-state index is 0.350. The van der Waals surface area contributed by atoms with Gasteiger partial charge in [0.1, 0.15) is 0 Å². The van der Waals surface area contributed by atoms with E-state index in [0.717, 1.165) is 0 Å². The number of carbonyl (C=O) groups is 2. The van der Waals surface area contributed by atoms with Crippen LogP contribution in [0.4, 0.5) is 0 Å². The number of carbonyl (C=O) groups excluding carboxylic acids is 2. The van der Waals surface area contributed by atoms with Crippen molar-refractivity contribution < 1.29 is 14.3 Å². The zero-order chi connectivity index (χ0) is 18.5. The first-order valence-corrected chi connectivity index (χ1v) is 7.44. The Kier molecular flexibility index (Phi) is 8.46. The van der Waals surface area contributed by atoms with Crippen LogP contribution in [0.3, 0.4) is 0 Å². The number of nitriles is 2. The van der Waals surface area contributed by atoms with Gasteiger partial charge in [-0.1, -0.05) is 36.4 Å². The van der Waals surface area contributed by atoms with Gasteiger partial charge in [0.2, 0.25) is 0 Å². The van der Waals surface area contributed by atoms with E-state index in [1.165, 1.54) is 6.08 Å². The average Bonchev–Trinajstić information content (AvgIpc) is 2.67. The van der Waals surface area contributed by atoms with Crippen LogP contribution in [0.1, 0.15) is 34.0 Å². The Hall–Kier alpha value is -3.70. The van der Waals surface area contributed by atoms with Crippen LogP contribution in [-0.4, -0.2) is 18.9 Å². The second kappa shape index (κ2) is 10.9. The van der Waals surface area contributed by atoms with Gasteiger partial charge in [-0.15, -0.1) is 0 Å². The van der Waals surface area contributed by atoms with Crippen LogP contribution in [0.5, 0.6) is 0 Å². The van der Waals surface area contributed by atoms with Crippen LogP contribution in [0.25, 0.3) is 6.08 Å². The highest BCUT2D eigenvalue weighted by atomic mass is 16.5. The number of aldehydes is 1. The highest BCUT2D eigenvalue weighted by molar-refractivity contribution is 5.87. The van der Waals surface area contributed by atoms with Crippen molar-refractivity contribution in [3.8, 4) is 12.1 Å². The molecule has 5 heteroatoms. The van der Waals surface area contributed by atoms with E-state index >= 15 is 0 Å². The van der Waals surface area contributed by atoms with E-state index in [2.05, 4.69) is 0 Å². The molecule has 0 aliphatic heterocycles. The summed E-state index contributed by atoms with van der Waals surface area (Å²) in [6, 6.07) is 17.7. The Bertz CT molecular complexity index is 843. The standard InChI is InChI=1S/C12H11NO2.C8H5NO/c1-2-15-12(14)8-7-10-5-3-4-6-11(10)9-13;9-5-7-3-1-2-4-8(7)6-10/h3-8H,2H2,1H3;1-4,6H/b8-7+;. The fourth-order valence-electron chi connectivity index (χ4n) is 1.79. The van der Waals surface area contributed by atoms with Gasteiger partial charge in [0.15, 0.2) is 6.29 Å². The third-order valence-electron chi connectivity index (χ3n) is 2.98. The predicted octanol–water partition coefficient (Wildman–Crippen LogP) is 3.51. The van der Waals surface area contributed by atoms with E-state index in [4.69, 9.17) is 15.3 Å². The largest absolute Gasteiger partial charge is 0.463 e. The molecule has 0 heterocycles. The number of nitrogens with zero attached hydrogens (tertiary/aromatic N) is 2. The summed E-state index contributed by atoms with van der Waals surface area (Å²) in [4.78, 5) is 21.3. The summed E-state index contributed by atoms with van der Waals surface area (Å²) in [6.45, 7) is 2.10. The maximum absolute atomic E-state index is 11.0. The number of hydrogen-bond acceptors (Lipinski definition) is 5. The molecule has 0 atom stereocenters. The SMILES string of the molecule is CCOC(=O)/C=C/c1ccccc1C#N.N#Cc1ccccc1C=O. The normalized spacial score (nSPS) is 9.24. The summed E-state index contributed by atoms with van der Waals surface area (Å²) >= 11 is 0. The maximum atomic E-state index is 11.0. The van der Waals surface area contributed by atoms with Crippen molar-refractivity contribution in [2.75, 3.05) is 6.61 Å². The molecule has 0 bridgehead atoms. The first-order valence-electron chi connectivity index (χ1n) is 7.44. The third-order valence-corrected chi connectivity index (χ3v) is 2.98. The summed E-state index contributed by atoms with van der Waals surface area (Å²) in [5.74, 6) is -0.398. The summed E-state index contributed by atoms with van der Waals surface area (Å²) < 4.78 is 4.73.